The lowest BCUT2D eigenvalue weighted by molar-refractivity contribution is -0.401. The molecule has 11 rings (SSSR count). The molecule has 29 atom stereocenters. The van der Waals surface area contributed by atoms with Crippen molar-refractivity contribution in [1.82, 2.24) is 0 Å². The number of fused-ring (bicyclic) bond motifs is 7. The first-order valence-electron chi connectivity index (χ1n) is 27.3. The summed E-state index contributed by atoms with van der Waals surface area (Å²) in [7, 11) is 0. The van der Waals surface area contributed by atoms with Gasteiger partial charge in [0.2, 0.25) is 0 Å². The summed E-state index contributed by atoms with van der Waals surface area (Å²) < 4.78 is 55.6. The minimum absolute atomic E-state index is 0.110. The van der Waals surface area contributed by atoms with Crippen LogP contribution in [0.5, 0.6) is 0 Å². The largest absolute Gasteiger partial charge is 0.456 e. The molecule has 6 heterocycles. The minimum Gasteiger partial charge on any atom is -0.456 e. The van der Waals surface area contributed by atoms with Crippen LogP contribution in [0.4, 0.5) is 0 Å². The smallest absolute Gasteiger partial charge is 0.313 e. The Bertz CT molecular complexity index is 2140. The van der Waals surface area contributed by atoms with Crippen LogP contribution in [0, 0.1) is 44.8 Å². The van der Waals surface area contributed by atoms with Gasteiger partial charge in [0.1, 0.15) is 96.7 Å². The van der Waals surface area contributed by atoms with Crippen LogP contribution in [-0.2, 0) is 47.4 Å². The van der Waals surface area contributed by atoms with E-state index in [4.69, 9.17) is 42.6 Å². The van der Waals surface area contributed by atoms with Crippen LogP contribution in [0.2, 0.25) is 0 Å². The average molecular weight is 1070 g/mol. The summed E-state index contributed by atoms with van der Waals surface area (Å²) in [5, 5.41) is 132. The van der Waals surface area contributed by atoms with Crippen LogP contribution < -0.4 is 0 Å². The predicted molar refractivity (Wildman–Crippen MR) is 255 cm³/mol. The Morgan fingerprint density at radius 1 is 0.600 bits per heavy atom. The van der Waals surface area contributed by atoms with E-state index in [9.17, 15) is 66.1 Å². The van der Waals surface area contributed by atoms with Gasteiger partial charge in [-0.05, 0) is 112 Å². The first-order chi connectivity index (χ1) is 35.1. The minimum atomic E-state index is -1.96. The molecule has 0 aromatic rings. The van der Waals surface area contributed by atoms with Crippen LogP contribution in [0.25, 0.3) is 0 Å². The highest BCUT2D eigenvalue weighted by molar-refractivity contribution is 5.82. The Hall–Kier alpha value is -1.59. The van der Waals surface area contributed by atoms with Gasteiger partial charge in [-0.2, -0.15) is 0 Å². The topological polar surface area (TPSA) is 343 Å². The lowest BCUT2D eigenvalue weighted by Gasteiger charge is -2.73. The van der Waals surface area contributed by atoms with E-state index in [1.807, 2.05) is 13.8 Å². The van der Waals surface area contributed by atoms with E-state index in [0.29, 0.717) is 25.7 Å². The summed E-state index contributed by atoms with van der Waals surface area (Å²) in [5.41, 5.74) is -2.99. The average Bonchev–Trinajstić information content (AvgIpc) is 3.36. The Morgan fingerprint density at radius 3 is 1.84 bits per heavy atom. The van der Waals surface area contributed by atoms with Crippen LogP contribution in [-0.4, -0.2) is 221 Å². The highest BCUT2D eigenvalue weighted by Gasteiger charge is 2.77. The van der Waals surface area contributed by atoms with Gasteiger partial charge in [-0.25, -0.2) is 0 Å². The number of aliphatic hydroxyl groups excluding tert-OH is 11. The van der Waals surface area contributed by atoms with Gasteiger partial charge < -0.3 is 104 Å². The molecule has 0 radical (unpaired) electrons. The number of hydrogen-bond acceptors (Lipinski definition) is 22. The van der Waals surface area contributed by atoms with Crippen molar-refractivity contribution in [3.05, 3.63) is 11.6 Å². The molecule has 0 aromatic heterocycles. The number of allylic oxidation sites excluding steroid dienone is 1. The highest BCUT2D eigenvalue weighted by Crippen LogP contribution is 2.77. The summed E-state index contributed by atoms with van der Waals surface area (Å²) in [6, 6.07) is 0. The molecule has 4 saturated carbocycles. The Balaban J connectivity index is 0.936. The van der Waals surface area contributed by atoms with Gasteiger partial charge in [-0.15, -0.1) is 0 Å². The maximum atomic E-state index is 13.9. The second-order valence-corrected chi connectivity index (χ2v) is 25.8. The van der Waals surface area contributed by atoms with E-state index >= 15 is 0 Å². The van der Waals surface area contributed by atoms with Crippen molar-refractivity contribution in [3.8, 4) is 0 Å². The molecular weight excluding hydrogens is 989 g/mol. The quantitative estimate of drug-likeness (QED) is 0.0692. The molecule has 12 N–H and O–H groups in total. The van der Waals surface area contributed by atoms with Gasteiger partial charge in [0.15, 0.2) is 25.2 Å². The van der Waals surface area contributed by atoms with Crippen molar-refractivity contribution >= 4 is 5.97 Å². The molecule has 5 aliphatic carbocycles. The molecule has 6 aliphatic heterocycles. The molecule has 6 saturated heterocycles. The van der Waals surface area contributed by atoms with E-state index in [0.717, 1.165) is 32.1 Å². The molecule has 11 aliphatic rings. The fourth-order valence-electron chi connectivity index (χ4n) is 16.9. The third-order valence-electron chi connectivity index (χ3n) is 21.9. The van der Waals surface area contributed by atoms with E-state index in [-0.39, 0.29) is 40.0 Å². The molecule has 1 spiro atoms. The predicted octanol–water partition coefficient (Wildman–Crippen LogP) is -1.24. The normalized spacial score (nSPS) is 57.4. The number of ether oxygens (including phenoxy) is 9. The molecule has 75 heavy (non-hydrogen) atoms. The molecular formula is C53H84O22. The maximum absolute atomic E-state index is 13.9. The van der Waals surface area contributed by atoms with Crippen LogP contribution >= 0.6 is 0 Å². The van der Waals surface area contributed by atoms with Crippen LogP contribution in [0.1, 0.15) is 113 Å². The van der Waals surface area contributed by atoms with Crippen molar-refractivity contribution < 1.29 is 109 Å². The van der Waals surface area contributed by atoms with Crippen LogP contribution in [0.3, 0.4) is 0 Å². The van der Waals surface area contributed by atoms with E-state index < -0.39 is 165 Å². The Kier molecular flexibility index (Phi) is 14.8. The fraction of sp³-hybridized carbons (Fsp3) is 0.943. The molecule has 10 fully saturated rings. The van der Waals surface area contributed by atoms with Gasteiger partial charge in [-0.3, -0.25) is 4.79 Å². The number of carbonyl (C=O) groups is 1. The fourth-order valence-corrected chi connectivity index (χ4v) is 16.9. The number of carbonyl (C=O) groups excluding carboxylic acids is 1. The van der Waals surface area contributed by atoms with Crippen molar-refractivity contribution in [1.29, 1.82) is 0 Å². The SMILES string of the molecule is C[C@@H]1O[C@@H](O[C@H]2[C@H](O[C@H]3CC[C@]4(C)[C@H]5CC=C6[C@H]7[C@]8(CC[C@](C)(OC8=O)[C@]7(C)O)CC[C@@]6(C)[C@]5(C)CC[C@H]4C3(C)C)OC[C@H](O)[C@@H]2O[C@@H]2O[C@H](CO)[C@@H](O)[C@H](O)[C@H]2O[C@@H]2O[C@H](CO)[C@@H](O)[C@H](O)[C@H]2O)[C@H](O)[C@H](O)[C@H]1O. The first kappa shape index (κ1) is 56.7. The Morgan fingerprint density at radius 2 is 1.19 bits per heavy atom. The third-order valence-corrected chi connectivity index (χ3v) is 21.9. The van der Waals surface area contributed by atoms with Gasteiger partial charge >= 0.3 is 5.97 Å². The van der Waals surface area contributed by atoms with E-state index in [1.54, 1.807) is 0 Å². The number of esters is 1. The Labute approximate surface area is 437 Å². The zero-order valence-electron chi connectivity index (χ0n) is 44.3. The van der Waals surface area contributed by atoms with Crippen molar-refractivity contribution in [2.75, 3.05) is 19.8 Å². The summed E-state index contributed by atoms with van der Waals surface area (Å²) in [6.07, 6.45) is -23.3. The lowest BCUT2D eigenvalue weighted by atomic mass is 9.32. The molecule has 2 bridgehead atoms. The number of aliphatic hydroxyl groups is 12. The monoisotopic (exact) mass is 1070 g/mol. The van der Waals surface area contributed by atoms with E-state index in [2.05, 4.69) is 40.7 Å². The summed E-state index contributed by atoms with van der Waals surface area (Å²) in [6.45, 7) is 14.7. The van der Waals surface area contributed by atoms with E-state index in [1.165, 1.54) is 12.5 Å². The molecule has 0 unspecified atom stereocenters. The van der Waals surface area contributed by atoms with Gasteiger partial charge in [-0.1, -0.05) is 46.3 Å². The summed E-state index contributed by atoms with van der Waals surface area (Å²) in [4.78, 5) is 13.9. The van der Waals surface area contributed by atoms with Gasteiger partial charge in [0.25, 0.3) is 0 Å². The first-order valence-corrected chi connectivity index (χ1v) is 27.3. The maximum Gasteiger partial charge on any atom is 0.313 e. The van der Waals surface area contributed by atoms with Crippen molar-refractivity contribution in [2.45, 2.75) is 247 Å². The summed E-state index contributed by atoms with van der Waals surface area (Å²) >= 11 is 0. The van der Waals surface area contributed by atoms with Crippen molar-refractivity contribution in [2.24, 2.45) is 44.8 Å². The number of rotatable bonds is 10. The third kappa shape index (κ3) is 8.34. The standard InChI is InChI=1S/C53H84O22/c1-22-30(57)33(60)36(63)42(68-22)74-40-38(72-45-39(35(62)32(59)26(20-55)70-45)73-43-37(64)34(61)31(58)25(19-54)69-43)24(56)21-67-44(40)71-29-12-13-48(4)27(47(29,2)3)11-14-50(6)28(48)10-9-23-41-52(8,66)51(7)16-18-53(41,46(65)75-51)17-15-49(23,50)5/h9,22,24-45,54-64,66H,10-21H2,1-8H3/t22-,24-,25+,26+,27-,28+,29-,30-,31+,32+,33+,34-,35-,36+,37+,38-,39+,40+,41+,42-,43-,44-,45-,48-,49+,50+,51-,52+,53+/m0/s1. The molecule has 22 heteroatoms. The number of hydrogen-bond donors (Lipinski definition) is 12. The van der Waals surface area contributed by atoms with Crippen LogP contribution in [0.15, 0.2) is 11.6 Å². The second kappa shape index (κ2) is 19.6. The molecule has 22 nitrogen and oxygen atoms in total. The zero-order valence-corrected chi connectivity index (χ0v) is 44.3. The second-order valence-electron chi connectivity index (χ2n) is 25.8. The zero-order chi connectivity index (χ0) is 54.5. The molecule has 0 aromatic carbocycles. The molecule has 428 valence electrons. The highest BCUT2D eigenvalue weighted by atomic mass is 16.8. The lowest BCUT2D eigenvalue weighted by Crippen LogP contribution is -2.75. The van der Waals surface area contributed by atoms with Gasteiger partial charge in [0, 0.05) is 5.92 Å². The van der Waals surface area contributed by atoms with Crippen molar-refractivity contribution in [3.63, 3.8) is 0 Å². The van der Waals surface area contributed by atoms with Gasteiger partial charge in [0.05, 0.1) is 37.4 Å². The summed E-state index contributed by atoms with van der Waals surface area (Å²) in [5.74, 6) is -0.192. The molecule has 0 amide bonds.